The van der Waals surface area contributed by atoms with Crippen LogP contribution in [0.2, 0.25) is 0 Å². The van der Waals surface area contributed by atoms with E-state index in [1.807, 2.05) is 30.3 Å². The standard InChI is InChI=1S/C25H28N4O2/c1-18-10-11-20(15-19(18)2)16-28-24(30)21-7-6-14-29(17-21)23-25(27-13-12-26-23)31-22-8-4-3-5-9-22/h3-5,8-13,15,21H,6-7,14,16-17H2,1-2H3,(H,28,30). The van der Waals surface area contributed by atoms with Crippen molar-refractivity contribution in [3.05, 3.63) is 77.6 Å². The molecule has 1 aliphatic rings. The number of para-hydroxylation sites is 1. The number of amides is 1. The van der Waals surface area contributed by atoms with Gasteiger partial charge in [-0.1, -0.05) is 36.4 Å². The van der Waals surface area contributed by atoms with Gasteiger partial charge in [0.1, 0.15) is 5.75 Å². The fraction of sp³-hybridized carbons (Fsp3) is 0.320. The van der Waals surface area contributed by atoms with Gasteiger partial charge in [-0.2, -0.15) is 0 Å². The zero-order valence-corrected chi connectivity index (χ0v) is 18.0. The van der Waals surface area contributed by atoms with E-state index in [9.17, 15) is 4.79 Å². The van der Waals surface area contributed by atoms with Crippen LogP contribution in [0.5, 0.6) is 11.6 Å². The summed E-state index contributed by atoms with van der Waals surface area (Å²) in [7, 11) is 0. The summed E-state index contributed by atoms with van der Waals surface area (Å²) in [6.07, 6.45) is 5.07. The Balaban J connectivity index is 1.41. The molecule has 3 aromatic rings. The number of piperidine rings is 1. The number of aryl methyl sites for hydroxylation is 2. The van der Waals surface area contributed by atoms with Gasteiger partial charge in [0.15, 0.2) is 5.82 Å². The van der Waals surface area contributed by atoms with Crippen molar-refractivity contribution in [3.8, 4) is 11.6 Å². The van der Waals surface area contributed by atoms with Crippen LogP contribution in [0, 0.1) is 19.8 Å². The molecule has 160 valence electrons. The Hall–Kier alpha value is -3.41. The first kappa shape index (κ1) is 20.8. The van der Waals surface area contributed by atoms with E-state index in [4.69, 9.17) is 4.74 Å². The fourth-order valence-electron chi connectivity index (χ4n) is 3.84. The molecular formula is C25H28N4O2. The Morgan fingerprint density at radius 2 is 1.90 bits per heavy atom. The van der Waals surface area contributed by atoms with E-state index >= 15 is 0 Å². The molecule has 0 spiro atoms. The van der Waals surface area contributed by atoms with Gasteiger partial charge in [0.25, 0.3) is 5.88 Å². The smallest absolute Gasteiger partial charge is 0.263 e. The van der Waals surface area contributed by atoms with Crippen LogP contribution in [-0.2, 0) is 11.3 Å². The van der Waals surface area contributed by atoms with Crippen LogP contribution in [0.3, 0.4) is 0 Å². The predicted molar refractivity (Wildman–Crippen MR) is 121 cm³/mol. The minimum Gasteiger partial charge on any atom is -0.436 e. The number of hydrogen-bond acceptors (Lipinski definition) is 5. The van der Waals surface area contributed by atoms with Gasteiger partial charge < -0.3 is 15.0 Å². The summed E-state index contributed by atoms with van der Waals surface area (Å²) in [5.74, 6) is 1.84. The number of nitrogens with one attached hydrogen (secondary N) is 1. The molecule has 0 aliphatic carbocycles. The third-order valence-corrected chi connectivity index (χ3v) is 5.73. The number of benzene rings is 2. The molecule has 0 saturated carbocycles. The van der Waals surface area contributed by atoms with Crippen LogP contribution in [0.1, 0.15) is 29.5 Å². The predicted octanol–water partition coefficient (Wildman–Crippen LogP) is 4.42. The highest BCUT2D eigenvalue weighted by Gasteiger charge is 2.28. The van der Waals surface area contributed by atoms with Crippen LogP contribution in [0.4, 0.5) is 5.82 Å². The van der Waals surface area contributed by atoms with Gasteiger partial charge in [-0.25, -0.2) is 9.97 Å². The number of nitrogens with zero attached hydrogens (tertiary/aromatic N) is 3. The Kier molecular flexibility index (Phi) is 6.46. The third kappa shape index (κ3) is 5.20. The molecule has 0 bridgehead atoms. The Bertz CT molecular complexity index is 1040. The summed E-state index contributed by atoms with van der Waals surface area (Å²) in [5.41, 5.74) is 3.62. The summed E-state index contributed by atoms with van der Waals surface area (Å²) in [5, 5.41) is 3.11. The van der Waals surface area contributed by atoms with Gasteiger partial charge in [-0.05, 0) is 55.5 Å². The number of ether oxygens (including phenoxy) is 1. The van der Waals surface area contributed by atoms with E-state index in [0.29, 0.717) is 30.5 Å². The van der Waals surface area contributed by atoms with Crippen molar-refractivity contribution in [1.82, 2.24) is 15.3 Å². The average Bonchev–Trinajstić information content (AvgIpc) is 2.81. The molecule has 1 N–H and O–H groups in total. The molecular weight excluding hydrogens is 388 g/mol. The van der Waals surface area contributed by atoms with Crippen molar-refractivity contribution >= 4 is 11.7 Å². The van der Waals surface area contributed by atoms with Crippen LogP contribution < -0.4 is 15.0 Å². The van der Waals surface area contributed by atoms with Crippen LogP contribution in [0.15, 0.2) is 60.9 Å². The van der Waals surface area contributed by atoms with Gasteiger partial charge in [0, 0.05) is 32.0 Å². The molecule has 1 saturated heterocycles. The zero-order valence-electron chi connectivity index (χ0n) is 18.0. The van der Waals surface area contributed by atoms with Crippen molar-refractivity contribution in [2.24, 2.45) is 5.92 Å². The van der Waals surface area contributed by atoms with Crippen molar-refractivity contribution in [2.45, 2.75) is 33.2 Å². The lowest BCUT2D eigenvalue weighted by Crippen LogP contribution is -2.43. The van der Waals surface area contributed by atoms with Gasteiger partial charge in [-0.3, -0.25) is 4.79 Å². The molecule has 1 atom stereocenters. The maximum Gasteiger partial charge on any atom is 0.263 e. The number of carbonyl (C=O) groups excluding carboxylic acids is 1. The lowest BCUT2D eigenvalue weighted by atomic mass is 9.97. The Morgan fingerprint density at radius 3 is 2.71 bits per heavy atom. The number of anilines is 1. The third-order valence-electron chi connectivity index (χ3n) is 5.73. The monoisotopic (exact) mass is 416 g/mol. The molecule has 1 aromatic heterocycles. The van der Waals surface area contributed by atoms with E-state index in [1.165, 1.54) is 11.1 Å². The first-order valence-corrected chi connectivity index (χ1v) is 10.7. The molecule has 1 aliphatic heterocycles. The minimum atomic E-state index is -0.0909. The summed E-state index contributed by atoms with van der Waals surface area (Å²) >= 11 is 0. The second-order valence-corrected chi connectivity index (χ2v) is 8.02. The molecule has 2 heterocycles. The highest BCUT2D eigenvalue weighted by Crippen LogP contribution is 2.31. The zero-order chi connectivity index (χ0) is 21.6. The van der Waals surface area contributed by atoms with E-state index in [0.717, 1.165) is 24.9 Å². The maximum atomic E-state index is 12.9. The van der Waals surface area contributed by atoms with Crippen molar-refractivity contribution in [3.63, 3.8) is 0 Å². The van der Waals surface area contributed by atoms with E-state index in [2.05, 4.69) is 52.2 Å². The first-order valence-electron chi connectivity index (χ1n) is 10.7. The summed E-state index contributed by atoms with van der Waals surface area (Å²) < 4.78 is 5.97. The van der Waals surface area contributed by atoms with E-state index in [1.54, 1.807) is 12.4 Å². The van der Waals surface area contributed by atoms with Crippen LogP contribution >= 0.6 is 0 Å². The fourth-order valence-corrected chi connectivity index (χ4v) is 3.84. The van der Waals surface area contributed by atoms with E-state index in [-0.39, 0.29) is 11.8 Å². The van der Waals surface area contributed by atoms with Gasteiger partial charge in [-0.15, -0.1) is 0 Å². The first-order chi connectivity index (χ1) is 15.1. The van der Waals surface area contributed by atoms with Crippen LogP contribution in [0.25, 0.3) is 0 Å². The number of carbonyl (C=O) groups is 1. The van der Waals surface area contributed by atoms with Crippen molar-refractivity contribution in [2.75, 3.05) is 18.0 Å². The molecule has 1 amide bonds. The van der Waals surface area contributed by atoms with Gasteiger partial charge >= 0.3 is 0 Å². The largest absolute Gasteiger partial charge is 0.436 e. The molecule has 31 heavy (non-hydrogen) atoms. The lowest BCUT2D eigenvalue weighted by Gasteiger charge is -2.33. The molecule has 1 unspecified atom stereocenters. The van der Waals surface area contributed by atoms with Crippen molar-refractivity contribution in [1.29, 1.82) is 0 Å². The number of rotatable bonds is 6. The average molecular weight is 417 g/mol. The molecule has 0 radical (unpaired) electrons. The highest BCUT2D eigenvalue weighted by atomic mass is 16.5. The second-order valence-electron chi connectivity index (χ2n) is 8.02. The van der Waals surface area contributed by atoms with Crippen molar-refractivity contribution < 1.29 is 9.53 Å². The number of hydrogen-bond donors (Lipinski definition) is 1. The van der Waals surface area contributed by atoms with Crippen LogP contribution in [-0.4, -0.2) is 29.0 Å². The SMILES string of the molecule is Cc1ccc(CNC(=O)C2CCCN(c3nccnc3Oc3ccccc3)C2)cc1C. The molecule has 4 rings (SSSR count). The quantitative estimate of drug-likeness (QED) is 0.644. The topological polar surface area (TPSA) is 67.4 Å². The molecule has 6 nitrogen and oxygen atoms in total. The van der Waals surface area contributed by atoms with Gasteiger partial charge in [0.2, 0.25) is 5.91 Å². The van der Waals surface area contributed by atoms with Gasteiger partial charge in [0.05, 0.1) is 5.92 Å². The number of aromatic nitrogens is 2. The minimum absolute atomic E-state index is 0.0809. The second kappa shape index (κ2) is 9.60. The summed E-state index contributed by atoms with van der Waals surface area (Å²) in [6.45, 7) is 6.16. The lowest BCUT2D eigenvalue weighted by molar-refractivity contribution is -0.125. The molecule has 6 heteroatoms. The Morgan fingerprint density at radius 1 is 1.10 bits per heavy atom. The normalized spacial score (nSPS) is 16.1. The Labute approximate surface area is 183 Å². The highest BCUT2D eigenvalue weighted by molar-refractivity contribution is 5.79. The molecule has 1 fully saturated rings. The van der Waals surface area contributed by atoms with E-state index < -0.39 is 0 Å². The maximum absolute atomic E-state index is 12.9. The summed E-state index contributed by atoms with van der Waals surface area (Å²) in [6, 6.07) is 15.9. The molecule has 2 aromatic carbocycles. The summed E-state index contributed by atoms with van der Waals surface area (Å²) in [4.78, 5) is 23.9.